The van der Waals surface area contributed by atoms with Crippen LogP contribution in [0.3, 0.4) is 0 Å². The molecule has 0 aliphatic heterocycles. The lowest BCUT2D eigenvalue weighted by Crippen LogP contribution is -2.14. The van der Waals surface area contributed by atoms with Crippen LogP contribution in [0, 0.1) is 5.82 Å². The molecule has 0 fully saturated rings. The summed E-state index contributed by atoms with van der Waals surface area (Å²) >= 11 is 6.53. The van der Waals surface area contributed by atoms with E-state index in [1.807, 2.05) is 0 Å². The molecule has 104 valence electrons. The minimum Gasteiger partial charge on any atom is -0.481 e. The third-order valence-electron chi connectivity index (χ3n) is 2.93. The molecule has 0 amide bonds. The smallest absolute Gasteiger partial charge is 0.311 e. The SMILES string of the molecule is O=C(O)C(Cc1cc(F)cc(Br)c1)c1ccc(Br)cc1. The van der Waals surface area contributed by atoms with Gasteiger partial charge in [0.25, 0.3) is 0 Å². The highest BCUT2D eigenvalue weighted by atomic mass is 79.9. The fourth-order valence-electron chi connectivity index (χ4n) is 2.01. The zero-order valence-corrected chi connectivity index (χ0v) is 13.5. The summed E-state index contributed by atoms with van der Waals surface area (Å²) < 4.78 is 14.8. The molecule has 2 aromatic carbocycles. The van der Waals surface area contributed by atoms with Crippen LogP contribution in [0.4, 0.5) is 4.39 Å². The molecule has 0 heterocycles. The number of carboxylic acids is 1. The van der Waals surface area contributed by atoms with Crippen molar-refractivity contribution in [2.45, 2.75) is 12.3 Å². The van der Waals surface area contributed by atoms with Crippen LogP contribution in [0.2, 0.25) is 0 Å². The molecule has 0 aliphatic rings. The van der Waals surface area contributed by atoms with Crippen LogP contribution in [-0.4, -0.2) is 11.1 Å². The Morgan fingerprint density at radius 2 is 1.75 bits per heavy atom. The van der Waals surface area contributed by atoms with E-state index in [9.17, 15) is 14.3 Å². The van der Waals surface area contributed by atoms with Crippen LogP contribution in [0.1, 0.15) is 17.0 Å². The molecule has 0 aromatic heterocycles. The van der Waals surface area contributed by atoms with Gasteiger partial charge in [-0.05, 0) is 47.9 Å². The number of hydrogen-bond donors (Lipinski definition) is 1. The average Bonchev–Trinajstić information content (AvgIpc) is 2.36. The number of rotatable bonds is 4. The monoisotopic (exact) mass is 400 g/mol. The molecule has 0 radical (unpaired) electrons. The average molecular weight is 402 g/mol. The van der Waals surface area contributed by atoms with Crippen LogP contribution in [0.5, 0.6) is 0 Å². The normalized spacial score (nSPS) is 12.2. The van der Waals surface area contributed by atoms with Gasteiger partial charge < -0.3 is 5.11 Å². The second-order valence-electron chi connectivity index (χ2n) is 4.42. The predicted octanol–water partition coefficient (Wildman–Crippen LogP) is 4.76. The molecule has 0 aliphatic carbocycles. The van der Waals surface area contributed by atoms with E-state index in [0.717, 1.165) is 4.47 Å². The van der Waals surface area contributed by atoms with Gasteiger partial charge in [0, 0.05) is 8.95 Å². The summed E-state index contributed by atoms with van der Waals surface area (Å²) in [4.78, 5) is 11.4. The number of benzene rings is 2. The van der Waals surface area contributed by atoms with Crippen molar-refractivity contribution in [3.05, 3.63) is 68.4 Å². The molecule has 1 atom stereocenters. The first-order chi connectivity index (χ1) is 9.45. The number of halogens is 3. The number of hydrogen-bond acceptors (Lipinski definition) is 1. The molecule has 0 spiro atoms. The molecule has 1 N–H and O–H groups in total. The molecule has 20 heavy (non-hydrogen) atoms. The second-order valence-corrected chi connectivity index (χ2v) is 6.26. The van der Waals surface area contributed by atoms with Crippen molar-refractivity contribution in [2.75, 3.05) is 0 Å². The van der Waals surface area contributed by atoms with Crippen molar-refractivity contribution in [2.24, 2.45) is 0 Å². The Morgan fingerprint density at radius 3 is 2.30 bits per heavy atom. The van der Waals surface area contributed by atoms with Gasteiger partial charge in [0.15, 0.2) is 0 Å². The van der Waals surface area contributed by atoms with Gasteiger partial charge in [0.1, 0.15) is 5.82 Å². The maximum Gasteiger partial charge on any atom is 0.311 e. The van der Waals surface area contributed by atoms with Gasteiger partial charge in [0.2, 0.25) is 0 Å². The lowest BCUT2D eigenvalue weighted by atomic mass is 9.92. The van der Waals surface area contributed by atoms with Crippen molar-refractivity contribution in [3.8, 4) is 0 Å². The van der Waals surface area contributed by atoms with E-state index >= 15 is 0 Å². The van der Waals surface area contributed by atoms with E-state index in [1.165, 1.54) is 12.1 Å². The van der Waals surface area contributed by atoms with Crippen LogP contribution >= 0.6 is 31.9 Å². The van der Waals surface area contributed by atoms with Crippen molar-refractivity contribution >= 4 is 37.8 Å². The molecule has 2 rings (SSSR count). The quantitative estimate of drug-likeness (QED) is 0.801. The van der Waals surface area contributed by atoms with Crippen molar-refractivity contribution in [1.82, 2.24) is 0 Å². The first kappa shape index (κ1) is 15.2. The van der Waals surface area contributed by atoms with E-state index in [0.29, 0.717) is 15.6 Å². The van der Waals surface area contributed by atoms with Crippen LogP contribution in [-0.2, 0) is 11.2 Å². The van der Waals surface area contributed by atoms with Gasteiger partial charge in [-0.2, -0.15) is 0 Å². The van der Waals surface area contributed by atoms with Crippen molar-refractivity contribution < 1.29 is 14.3 Å². The topological polar surface area (TPSA) is 37.3 Å². The molecule has 5 heteroatoms. The summed E-state index contributed by atoms with van der Waals surface area (Å²) in [6.07, 6.45) is 0.243. The van der Waals surface area contributed by atoms with Crippen LogP contribution < -0.4 is 0 Å². The van der Waals surface area contributed by atoms with E-state index in [4.69, 9.17) is 0 Å². The van der Waals surface area contributed by atoms with Gasteiger partial charge in [0.05, 0.1) is 5.92 Å². The Labute approximate surface area is 132 Å². The standard InChI is InChI=1S/C15H11Br2FO2/c16-11-3-1-10(2-4-11)14(15(19)20)7-9-5-12(17)8-13(18)6-9/h1-6,8,14H,7H2,(H,19,20). The maximum absolute atomic E-state index is 13.4. The minimum atomic E-state index is -0.923. The predicted molar refractivity (Wildman–Crippen MR) is 82.3 cm³/mol. The zero-order chi connectivity index (χ0) is 14.7. The third kappa shape index (κ3) is 3.90. The lowest BCUT2D eigenvalue weighted by Gasteiger charge is -2.13. The van der Waals surface area contributed by atoms with Crippen molar-refractivity contribution in [1.29, 1.82) is 0 Å². The Hall–Kier alpha value is -1.20. The summed E-state index contributed by atoms with van der Waals surface area (Å²) in [5, 5.41) is 9.38. The molecular formula is C15H11Br2FO2. The molecular weight excluding hydrogens is 391 g/mol. The summed E-state index contributed by atoms with van der Waals surface area (Å²) in [7, 11) is 0. The minimum absolute atomic E-state index is 0.243. The molecule has 2 aromatic rings. The molecule has 1 unspecified atom stereocenters. The van der Waals surface area contributed by atoms with Gasteiger partial charge in [-0.15, -0.1) is 0 Å². The summed E-state index contributed by atoms with van der Waals surface area (Å²) in [5.74, 6) is -2.00. The molecule has 0 saturated carbocycles. The van der Waals surface area contributed by atoms with E-state index in [-0.39, 0.29) is 12.2 Å². The summed E-state index contributed by atoms with van der Waals surface area (Å²) in [6, 6.07) is 11.6. The Bertz CT molecular complexity index is 606. The zero-order valence-electron chi connectivity index (χ0n) is 10.3. The van der Waals surface area contributed by atoms with Crippen LogP contribution in [0.25, 0.3) is 0 Å². The lowest BCUT2D eigenvalue weighted by molar-refractivity contribution is -0.138. The first-order valence-corrected chi connectivity index (χ1v) is 7.47. The van der Waals surface area contributed by atoms with Crippen LogP contribution in [0.15, 0.2) is 51.4 Å². The van der Waals surface area contributed by atoms with Gasteiger partial charge in [-0.25, -0.2) is 4.39 Å². The van der Waals surface area contributed by atoms with E-state index < -0.39 is 11.9 Å². The number of carboxylic acid groups (broad SMARTS) is 1. The molecule has 0 saturated heterocycles. The highest BCUT2D eigenvalue weighted by Gasteiger charge is 2.20. The fourth-order valence-corrected chi connectivity index (χ4v) is 2.78. The summed E-state index contributed by atoms with van der Waals surface area (Å²) in [6.45, 7) is 0. The fraction of sp³-hybridized carbons (Fsp3) is 0.133. The number of carbonyl (C=O) groups is 1. The van der Waals surface area contributed by atoms with Gasteiger partial charge in [-0.3, -0.25) is 4.79 Å². The van der Waals surface area contributed by atoms with E-state index in [2.05, 4.69) is 31.9 Å². The Morgan fingerprint density at radius 1 is 1.10 bits per heavy atom. The summed E-state index contributed by atoms with van der Waals surface area (Å²) in [5.41, 5.74) is 1.34. The first-order valence-electron chi connectivity index (χ1n) is 5.89. The van der Waals surface area contributed by atoms with Crippen molar-refractivity contribution in [3.63, 3.8) is 0 Å². The third-order valence-corrected chi connectivity index (χ3v) is 3.92. The maximum atomic E-state index is 13.4. The number of aliphatic carboxylic acids is 1. The van der Waals surface area contributed by atoms with Gasteiger partial charge >= 0.3 is 5.97 Å². The van der Waals surface area contributed by atoms with Gasteiger partial charge in [-0.1, -0.05) is 44.0 Å². The highest BCUT2D eigenvalue weighted by molar-refractivity contribution is 9.10. The Balaban J connectivity index is 2.30. The largest absolute Gasteiger partial charge is 0.481 e. The molecule has 0 bridgehead atoms. The second kappa shape index (κ2) is 6.50. The Kier molecular flexibility index (Phi) is 4.94. The molecule has 2 nitrogen and oxygen atoms in total. The van der Waals surface area contributed by atoms with E-state index in [1.54, 1.807) is 30.3 Å². The highest BCUT2D eigenvalue weighted by Crippen LogP contribution is 2.25.